The van der Waals surface area contributed by atoms with Gasteiger partial charge in [-0.15, -0.1) is 11.8 Å². The van der Waals surface area contributed by atoms with E-state index >= 15 is 0 Å². The quantitative estimate of drug-likeness (QED) is 0.101. The number of nitrogens with zero attached hydrogens (tertiary/aromatic N) is 1. The number of nitrogens with one attached hydrogen (secondary N) is 3. The number of amides is 3. The minimum atomic E-state index is -0.619. The molecule has 0 aliphatic carbocycles. The fourth-order valence-electron chi connectivity index (χ4n) is 4.23. The third kappa shape index (κ3) is 9.15. The standard InChI is InChI=1S/C35H26BrClN4O3S/c36-26-14-7-9-23(19-26)20-30(40-33(42)25-12-5-2-6-13-25)34(43)39-28-15-8-16-29(21-28)45-32(24-10-3-1-4-11-24)35(44)41-31-18-17-27(37)22-38-31/h1-22,32H,(H,39,43)(H,40,42)(H,38,41,44)/b30-20+. The molecule has 1 atom stereocenters. The Kier molecular flexibility index (Phi) is 10.8. The average Bonchev–Trinajstić information content (AvgIpc) is 3.05. The van der Waals surface area contributed by atoms with Crippen LogP contribution in [0, 0.1) is 0 Å². The largest absolute Gasteiger partial charge is 0.321 e. The van der Waals surface area contributed by atoms with Gasteiger partial charge < -0.3 is 16.0 Å². The molecule has 45 heavy (non-hydrogen) atoms. The van der Waals surface area contributed by atoms with E-state index in [2.05, 4.69) is 36.9 Å². The molecule has 1 unspecified atom stereocenters. The zero-order valence-electron chi connectivity index (χ0n) is 23.6. The van der Waals surface area contributed by atoms with Gasteiger partial charge in [0.1, 0.15) is 16.8 Å². The molecule has 0 radical (unpaired) electrons. The Morgan fingerprint density at radius 1 is 0.800 bits per heavy atom. The zero-order valence-corrected chi connectivity index (χ0v) is 26.8. The third-order valence-electron chi connectivity index (χ3n) is 6.35. The van der Waals surface area contributed by atoms with E-state index in [1.165, 1.54) is 18.0 Å². The summed E-state index contributed by atoms with van der Waals surface area (Å²) >= 11 is 10.7. The highest BCUT2D eigenvalue weighted by molar-refractivity contribution is 9.10. The summed E-state index contributed by atoms with van der Waals surface area (Å²) in [4.78, 5) is 44.9. The summed E-state index contributed by atoms with van der Waals surface area (Å²) in [6.07, 6.45) is 3.08. The number of thioether (sulfide) groups is 1. The van der Waals surface area contributed by atoms with E-state index in [0.29, 0.717) is 22.1 Å². The first-order chi connectivity index (χ1) is 21.8. The number of carbonyl (C=O) groups is 3. The molecule has 3 N–H and O–H groups in total. The Labute approximate surface area is 278 Å². The smallest absolute Gasteiger partial charge is 0.272 e. The normalized spacial score (nSPS) is 11.7. The highest BCUT2D eigenvalue weighted by atomic mass is 79.9. The van der Waals surface area contributed by atoms with Crippen LogP contribution in [0.2, 0.25) is 5.02 Å². The van der Waals surface area contributed by atoms with Crippen LogP contribution in [0.15, 0.2) is 143 Å². The molecule has 0 bridgehead atoms. The minimum absolute atomic E-state index is 0.0667. The molecule has 5 rings (SSSR count). The molecule has 3 amide bonds. The van der Waals surface area contributed by atoms with Gasteiger partial charge in [0.15, 0.2) is 0 Å². The molecule has 224 valence electrons. The number of pyridine rings is 1. The van der Waals surface area contributed by atoms with E-state index in [4.69, 9.17) is 11.6 Å². The van der Waals surface area contributed by atoms with Gasteiger partial charge in [-0.3, -0.25) is 14.4 Å². The summed E-state index contributed by atoms with van der Waals surface area (Å²) in [6.45, 7) is 0. The Balaban J connectivity index is 1.37. The average molecular weight is 698 g/mol. The first-order valence-corrected chi connectivity index (χ1v) is 15.8. The van der Waals surface area contributed by atoms with E-state index < -0.39 is 17.1 Å². The predicted octanol–water partition coefficient (Wildman–Crippen LogP) is 8.38. The molecule has 0 fully saturated rings. The van der Waals surface area contributed by atoms with Gasteiger partial charge in [-0.1, -0.05) is 94.3 Å². The van der Waals surface area contributed by atoms with Gasteiger partial charge in [-0.2, -0.15) is 0 Å². The monoisotopic (exact) mass is 696 g/mol. The van der Waals surface area contributed by atoms with E-state index in [9.17, 15) is 14.4 Å². The lowest BCUT2D eigenvalue weighted by Crippen LogP contribution is -2.30. The molecule has 0 aliphatic heterocycles. The van der Waals surface area contributed by atoms with Crippen molar-refractivity contribution in [3.05, 3.63) is 159 Å². The lowest BCUT2D eigenvalue weighted by Gasteiger charge is -2.17. The molecule has 1 aromatic heterocycles. The molecule has 0 spiro atoms. The van der Waals surface area contributed by atoms with Gasteiger partial charge in [-0.05, 0) is 71.8 Å². The van der Waals surface area contributed by atoms with Crippen molar-refractivity contribution in [3.8, 4) is 0 Å². The number of anilines is 2. The van der Waals surface area contributed by atoms with Crippen molar-refractivity contribution in [3.63, 3.8) is 0 Å². The molecule has 10 heteroatoms. The fourth-order valence-corrected chi connectivity index (χ4v) is 5.84. The zero-order chi connectivity index (χ0) is 31.6. The molecular weight excluding hydrogens is 672 g/mol. The van der Waals surface area contributed by atoms with Crippen molar-refractivity contribution in [2.45, 2.75) is 10.1 Å². The highest BCUT2D eigenvalue weighted by Crippen LogP contribution is 2.37. The summed E-state index contributed by atoms with van der Waals surface area (Å²) in [5.41, 5.74) is 2.50. The summed E-state index contributed by atoms with van der Waals surface area (Å²) in [5.74, 6) is -0.802. The topological polar surface area (TPSA) is 100 Å². The lowest BCUT2D eigenvalue weighted by atomic mass is 10.1. The van der Waals surface area contributed by atoms with Crippen molar-refractivity contribution >= 4 is 74.6 Å². The molecule has 7 nitrogen and oxygen atoms in total. The summed E-state index contributed by atoms with van der Waals surface area (Å²) in [7, 11) is 0. The van der Waals surface area contributed by atoms with Crippen molar-refractivity contribution in [1.29, 1.82) is 0 Å². The Morgan fingerprint density at radius 3 is 2.24 bits per heavy atom. The molecular formula is C35H26BrClN4O3S. The molecule has 0 aliphatic rings. The Morgan fingerprint density at radius 2 is 1.53 bits per heavy atom. The van der Waals surface area contributed by atoms with Crippen molar-refractivity contribution in [1.82, 2.24) is 10.3 Å². The number of rotatable bonds is 10. The van der Waals surface area contributed by atoms with Crippen LogP contribution >= 0.6 is 39.3 Å². The fraction of sp³-hybridized carbons (Fsp3) is 0.0286. The molecule has 1 heterocycles. The maximum Gasteiger partial charge on any atom is 0.272 e. The summed E-state index contributed by atoms with van der Waals surface area (Å²) in [6, 6.07) is 35.9. The second-order valence-electron chi connectivity index (χ2n) is 9.67. The first kappa shape index (κ1) is 31.7. The number of halogens is 2. The van der Waals surface area contributed by atoms with Gasteiger partial charge in [-0.25, -0.2) is 4.98 Å². The minimum Gasteiger partial charge on any atom is -0.321 e. The van der Waals surface area contributed by atoms with E-state index in [1.54, 1.807) is 60.7 Å². The number of carbonyl (C=O) groups excluding carboxylic acids is 3. The molecule has 4 aromatic carbocycles. The summed E-state index contributed by atoms with van der Waals surface area (Å²) < 4.78 is 0.832. The number of aromatic nitrogens is 1. The second kappa shape index (κ2) is 15.3. The van der Waals surface area contributed by atoms with Gasteiger partial charge in [0.2, 0.25) is 5.91 Å². The van der Waals surface area contributed by atoms with Crippen LogP contribution in [-0.4, -0.2) is 22.7 Å². The molecule has 0 saturated carbocycles. The first-order valence-electron chi connectivity index (χ1n) is 13.7. The van der Waals surface area contributed by atoms with Crippen LogP contribution in [0.1, 0.15) is 26.7 Å². The SMILES string of the molecule is O=C(Nc1cccc(SC(C(=O)Nc2ccc(Cl)cn2)c2ccccc2)c1)/C(=C\c1cccc(Br)c1)NC(=O)c1ccccc1. The van der Waals surface area contributed by atoms with Crippen LogP contribution in [-0.2, 0) is 9.59 Å². The Bertz CT molecular complexity index is 1840. The number of benzene rings is 4. The number of hydrogen-bond donors (Lipinski definition) is 3. The van der Waals surface area contributed by atoms with Gasteiger partial charge in [0, 0.05) is 26.8 Å². The maximum atomic E-state index is 13.6. The van der Waals surface area contributed by atoms with Gasteiger partial charge >= 0.3 is 0 Å². The predicted molar refractivity (Wildman–Crippen MR) is 184 cm³/mol. The van der Waals surface area contributed by atoms with E-state index in [-0.39, 0.29) is 11.6 Å². The third-order valence-corrected chi connectivity index (χ3v) is 8.32. The maximum absolute atomic E-state index is 13.6. The van der Waals surface area contributed by atoms with Crippen molar-refractivity contribution in [2.24, 2.45) is 0 Å². The van der Waals surface area contributed by atoms with E-state index in [1.807, 2.05) is 66.7 Å². The summed E-state index contributed by atoms with van der Waals surface area (Å²) in [5, 5.41) is 8.35. The molecule has 5 aromatic rings. The van der Waals surface area contributed by atoms with Gasteiger partial charge in [0.25, 0.3) is 11.8 Å². The lowest BCUT2D eigenvalue weighted by molar-refractivity contribution is -0.116. The van der Waals surface area contributed by atoms with Gasteiger partial charge in [0.05, 0.1) is 5.02 Å². The van der Waals surface area contributed by atoms with Crippen LogP contribution < -0.4 is 16.0 Å². The number of hydrogen-bond acceptors (Lipinski definition) is 5. The second-order valence-corrected chi connectivity index (χ2v) is 12.2. The van der Waals surface area contributed by atoms with Crippen LogP contribution in [0.3, 0.4) is 0 Å². The highest BCUT2D eigenvalue weighted by Gasteiger charge is 2.23. The Hall–Kier alpha value is -4.70. The van der Waals surface area contributed by atoms with E-state index in [0.717, 1.165) is 20.5 Å². The van der Waals surface area contributed by atoms with Crippen LogP contribution in [0.25, 0.3) is 6.08 Å². The molecule has 0 saturated heterocycles. The van der Waals surface area contributed by atoms with Crippen molar-refractivity contribution < 1.29 is 14.4 Å². The van der Waals surface area contributed by atoms with Crippen molar-refractivity contribution in [2.75, 3.05) is 10.6 Å². The van der Waals surface area contributed by atoms with Crippen LogP contribution in [0.4, 0.5) is 11.5 Å². The van der Waals surface area contributed by atoms with Crippen LogP contribution in [0.5, 0.6) is 0 Å².